The Morgan fingerprint density at radius 1 is 1.39 bits per heavy atom. The van der Waals surface area contributed by atoms with E-state index < -0.39 is 6.10 Å². The second kappa shape index (κ2) is 5.67. The van der Waals surface area contributed by atoms with E-state index in [-0.39, 0.29) is 11.9 Å². The van der Waals surface area contributed by atoms with Crippen molar-refractivity contribution in [2.24, 2.45) is 0 Å². The average Bonchev–Trinajstić information content (AvgIpc) is 2.38. The highest BCUT2D eigenvalue weighted by atomic mass is 19.1. The Labute approximate surface area is 107 Å². The standard InChI is InChI=1S/C14H20FNO2/c1-10(17)12-4-3-5-13(15)14(12)16-8-6-11(18-2)7-9-16/h3-5,10-11,17H,6-9H2,1-2H3/t10-/m0/s1. The number of aliphatic hydroxyl groups is 1. The van der Waals surface area contributed by atoms with Crippen LogP contribution in [-0.2, 0) is 4.74 Å². The van der Waals surface area contributed by atoms with Crippen molar-refractivity contribution in [3.63, 3.8) is 0 Å². The van der Waals surface area contributed by atoms with Crippen molar-refractivity contribution in [2.75, 3.05) is 25.1 Å². The number of ether oxygens (including phenoxy) is 1. The Hall–Kier alpha value is -1.13. The summed E-state index contributed by atoms with van der Waals surface area (Å²) in [5.41, 5.74) is 1.20. The largest absolute Gasteiger partial charge is 0.389 e. The zero-order chi connectivity index (χ0) is 13.1. The van der Waals surface area contributed by atoms with Crippen LogP contribution in [-0.4, -0.2) is 31.4 Å². The first kappa shape index (κ1) is 13.3. The van der Waals surface area contributed by atoms with Crippen molar-refractivity contribution in [1.82, 2.24) is 0 Å². The lowest BCUT2D eigenvalue weighted by molar-refractivity contribution is 0.0816. The van der Waals surface area contributed by atoms with E-state index in [0.29, 0.717) is 11.3 Å². The van der Waals surface area contributed by atoms with Crippen molar-refractivity contribution in [1.29, 1.82) is 0 Å². The number of hydrogen-bond acceptors (Lipinski definition) is 3. The van der Waals surface area contributed by atoms with Gasteiger partial charge in [-0.1, -0.05) is 12.1 Å². The van der Waals surface area contributed by atoms with E-state index in [4.69, 9.17) is 4.74 Å². The molecular weight excluding hydrogens is 233 g/mol. The van der Waals surface area contributed by atoms with Crippen LogP contribution in [0.2, 0.25) is 0 Å². The number of methoxy groups -OCH3 is 1. The highest BCUT2D eigenvalue weighted by Gasteiger charge is 2.24. The summed E-state index contributed by atoms with van der Waals surface area (Å²) in [6, 6.07) is 4.87. The van der Waals surface area contributed by atoms with Crippen LogP contribution in [0.4, 0.5) is 10.1 Å². The second-order valence-corrected chi connectivity index (χ2v) is 4.78. The third kappa shape index (κ3) is 2.65. The first-order valence-corrected chi connectivity index (χ1v) is 6.37. The molecule has 0 saturated carbocycles. The Kier molecular flexibility index (Phi) is 4.19. The summed E-state index contributed by atoms with van der Waals surface area (Å²) in [5, 5.41) is 9.74. The normalized spacial score (nSPS) is 19.0. The quantitative estimate of drug-likeness (QED) is 0.898. The van der Waals surface area contributed by atoms with Gasteiger partial charge in [-0.3, -0.25) is 0 Å². The molecule has 0 aromatic heterocycles. The van der Waals surface area contributed by atoms with Gasteiger partial charge in [0.2, 0.25) is 0 Å². The molecule has 0 radical (unpaired) electrons. The van der Waals surface area contributed by atoms with Crippen LogP contribution in [0, 0.1) is 5.82 Å². The summed E-state index contributed by atoms with van der Waals surface area (Å²) in [6.45, 7) is 3.19. The van der Waals surface area contributed by atoms with Gasteiger partial charge in [-0.25, -0.2) is 4.39 Å². The summed E-state index contributed by atoms with van der Waals surface area (Å²) < 4.78 is 19.3. The van der Waals surface area contributed by atoms with Gasteiger partial charge in [-0.2, -0.15) is 0 Å². The molecule has 1 aromatic carbocycles. The minimum absolute atomic E-state index is 0.260. The molecule has 1 saturated heterocycles. The lowest BCUT2D eigenvalue weighted by Gasteiger charge is -2.34. The Morgan fingerprint density at radius 3 is 2.61 bits per heavy atom. The fraction of sp³-hybridized carbons (Fsp3) is 0.571. The minimum atomic E-state index is -0.657. The van der Waals surface area contributed by atoms with Crippen LogP contribution in [0.3, 0.4) is 0 Å². The summed E-state index contributed by atoms with van der Waals surface area (Å²) in [5.74, 6) is -0.260. The first-order valence-electron chi connectivity index (χ1n) is 6.37. The molecule has 1 fully saturated rings. The van der Waals surface area contributed by atoms with E-state index in [1.165, 1.54) is 6.07 Å². The van der Waals surface area contributed by atoms with E-state index in [9.17, 15) is 9.50 Å². The van der Waals surface area contributed by atoms with Crippen molar-refractivity contribution < 1.29 is 14.2 Å². The number of anilines is 1. The van der Waals surface area contributed by atoms with Crippen LogP contribution in [0.1, 0.15) is 31.4 Å². The van der Waals surface area contributed by atoms with E-state index >= 15 is 0 Å². The molecule has 0 bridgehead atoms. The summed E-state index contributed by atoms with van der Waals surface area (Å²) >= 11 is 0. The van der Waals surface area contributed by atoms with Gasteiger partial charge in [-0.15, -0.1) is 0 Å². The molecule has 0 amide bonds. The maximum absolute atomic E-state index is 14.0. The number of hydrogen-bond donors (Lipinski definition) is 1. The van der Waals surface area contributed by atoms with E-state index in [1.807, 2.05) is 4.90 Å². The molecule has 0 unspecified atom stereocenters. The van der Waals surface area contributed by atoms with Crippen LogP contribution >= 0.6 is 0 Å². The molecule has 2 rings (SSSR count). The van der Waals surface area contributed by atoms with E-state index in [2.05, 4.69) is 0 Å². The molecule has 1 N–H and O–H groups in total. The fourth-order valence-corrected chi connectivity index (χ4v) is 2.52. The van der Waals surface area contributed by atoms with Gasteiger partial charge < -0.3 is 14.7 Å². The van der Waals surface area contributed by atoms with Gasteiger partial charge >= 0.3 is 0 Å². The van der Waals surface area contributed by atoms with E-state index in [1.54, 1.807) is 26.2 Å². The van der Waals surface area contributed by atoms with Gasteiger partial charge in [0.1, 0.15) is 5.82 Å². The molecule has 1 atom stereocenters. The number of para-hydroxylation sites is 1. The SMILES string of the molecule is COC1CCN(c2c(F)cccc2[C@H](C)O)CC1. The number of halogens is 1. The molecule has 4 heteroatoms. The van der Waals surface area contributed by atoms with Crippen LogP contribution < -0.4 is 4.90 Å². The third-order valence-electron chi connectivity index (χ3n) is 3.56. The second-order valence-electron chi connectivity index (χ2n) is 4.78. The van der Waals surface area contributed by atoms with Crippen molar-refractivity contribution in [3.05, 3.63) is 29.6 Å². The van der Waals surface area contributed by atoms with Crippen molar-refractivity contribution in [2.45, 2.75) is 32.0 Å². The number of benzene rings is 1. The van der Waals surface area contributed by atoms with Gasteiger partial charge in [0.05, 0.1) is 17.9 Å². The summed E-state index contributed by atoms with van der Waals surface area (Å²) in [6.07, 6.45) is 1.40. The van der Waals surface area contributed by atoms with Gasteiger partial charge in [0, 0.05) is 25.8 Å². The van der Waals surface area contributed by atoms with Crippen LogP contribution in [0.15, 0.2) is 18.2 Å². The van der Waals surface area contributed by atoms with E-state index in [0.717, 1.165) is 25.9 Å². The highest BCUT2D eigenvalue weighted by molar-refractivity contribution is 5.56. The monoisotopic (exact) mass is 253 g/mol. The fourth-order valence-electron chi connectivity index (χ4n) is 2.52. The van der Waals surface area contributed by atoms with Gasteiger partial charge in [0.25, 0.3) is 0 Å². The summed E-state index contributed by atoms with van der Waals surface area (Å²) in [7, 11) is 1.71. The molecular formula is C14H20FNO2. The molecule has 1 aliphatic heterocycles. The number of aliphatic hydroxyl groups excluding tert-OH is 1. The molecule has 1 heterocycles. The Bertz CT molecular complexity index is 401. The number of rotatable bonds is 3. The smallest absolute Gasteiger partial charge is 0.146 e. The predicted molar refractivity (Wildman–Crippen MR) is 69.3 cm³/mol. The molecule has 0 aliphatic carbocycles. The lowest BCUT2D eigenvalue weighted by atomic mass is 10.0. The van der Waals surface area contributed by atoms with Crippen molar-refractivity contribution >= 4 is 5.69 Å². The number of nitrogens with zero attached hydrogens (tertiary/aromatic N) is 1. The predicted octanol–water partition coefficient (Wildman–Crippen LogP) is 2.49. The van der Waals surface area contributed by atoms with Crippen LogP contribution in [0.25, 0.3) is 0 Å². The first-order chi connectivity index (χ1) is 8.63. The maximum atomic E-state index is 14.0. The molecule has 1 aliphatic rings. The average molecular weight is 253 g/mol. The zero-order valence-corrected chi connectivity index (χ0v) is 10.9. The lowest BCUT2D eigenvalue weighted by Crippen LogP contribution is -2.37. The summed E-state index contributed by atoms with van der Waals surface area (Å²) in [4.78, 5) is 2.01. The maximum Gasteiger partial charge on any atom is 0.146 e. The van der Waals surface area contributed by atoms with Crippen molar-refractivity contribution in [3.8, 4) is 0 Å². The zero-order valence-electron chi connectivity index (χ0n) is 10.9. The molecule has 18 heavy (non-hydrogen) atoms. The Balaban J connectivity index is 2.23. The highest BCUT2D eigenvalue weighted by Crippen LogP contribution is 2.31. The minimum Gasteiger partial charge on any atom is -0.389 e. The topological polar surface area (TPSA) is 32.7 Å². The molecule has 3 nitrogen and oxygen atoms in total. The molecule has 1 aromatic rings. The molecule has 0 spiro atoms. The third-order valence-corrected chi connectivity index (χ3v) is 3.56. The van der Waals surface area contributed by atoms with Crippen LogP contribution in [0.5, 0.6) is 0 Å². The Morgan fingerprint density at radius 2 is 2.06 bits per heavy atom. The molecule has 100 valence electrons. The van der Waals surface area contributed by atoms with Gasteiger partial charge in [0.15, 0.2) is 0 Å². The van der Waals surface area contributed by atoms with Gasteiger partial charge in [-0.05, 0) is 25.8 Å². The number of piperidine rings is 1.